The number of aryl methyl sites for hydroxylation is 1. The molecule has 0 heterocycles. The van der Waals surface area contributed by atoms with Gasteiger partial charge in [0.25, 0.3) is 5.91 Å². The van der Waals surface area contributed by atoms with Crippen LogP contribution in [0.1, 0.15) is 30.5 Å². The number of hydrogen-bond donors (Lipinski definition) is 1. The Labute approximate surface area is 217 Å². The number of rotatable bonds is 10. The number of carbonyl (C=O) groups excluding carboxylic acids is 2. The fourth-order valence-electron chi connectivity index (χ4n) is 3.63. The Morgan fingerprint density at radius 2 is 1.66 bits per heavy atom. The summed E-state index contributed by atoms with van der Waals surface area (Å²) >= 11 is 12.5. The molecular formula is C28H30Cl2N2O3. The van der Waals surface area contributed by atoms with Crippen molar-refractivity contribution >= 4 is 35.0 Å². The fourth-order valence-corrected chi connectivity index (χ4v) is 4.10. The normalized spacial score (nSPS) is 11.7. The molecule has 0 fully saturated rings. The summed E-state index contributed by atoms with van der Waals surface area (Å²) < 4.78 is 5.78. The van der Waals surface area contributed by atoms with E-state index < -0.39 is 6.04 Å². The molecule has 7 heteroatoms. The van der Waals surface area contributed by atoms with Gasteiger partial charge in [0, 0.05) is 29.1 Å². The first kappa shape index (κ1) is 26.6. The molecule has 3 aromatic rings. The molecule has 0 unspecified atom stereocenters. The summed E-state index contributed by atoms with van der Waals surface area (Å²) in [5, 5.41) is 3.89. The summed E-state index contributed by atoms with van der Waals surface area (Å²) in [6.07, 6.45) is 0.348. The lowest BCUT2D eigenvalue weighted by molar-refractivity contribution is -0.143. The molecule has 1 atom stereocenters. The summed E-state index contributed by atoms with van der Waals surface area (Å²) in [5.41, 5.74) is 2.72. The van der Waals surface area contributed by atoms with E-state index in [1.54, 1.807) is 18.2 Å². The van der Waals surface area contributed by atoms with Crippen molar-refractivity contribution in [2.24, 2.45) is 0 Å². The van der Waals surface area contributed by atoms with Gasteiger partial charge < -0.3 is 15.0 Å². The Kier molecular flexibility index (Phi) is 9.58. The molecule has 0 aliphatic carbocycles. The van der Waals surface area contributed by atoms with Gasteiger partial charge >= 0.3 is 0 Å². The van der Waals surface area contributed by atoms with E-state index >= 15 is 0 Å². The molecule has 3 rings (SSSR count). The molecule has 0 saturated heterocycles. The zero-order chi connectivity index (χ0) is 25.4. The Balaban J connectivity index is 1.93. The standard InChI is InChI=1S/C28H30Cl2N2O3/c1-19(2)31-28(34)26(15-21-7-5-4-6-8-21)32(17-22-11-12-23(29)16-25(22)30)27(33)18-35-24-13-9-20(3)10-14-24/h4-14,16,19,26H,15,17-18H2,1-3H3,(H,31,34)/t26-/m1/s1. The van der Waals surface area contributed by atoms with Gasteiger partial charge in [-0.15, -0.1) is 0 Å². The predicted octanol–water partition coefficient (Wildman–Crippen LogP) is 5.85. The summed E-state index contributed by atoms with van der Waals surface area (Å²) in [7, 11) is 0. The van der Waals surface area contributed by atoms with E-state index in [4.69, 9.17) is 27.9 Å². The topological polar surface area (TPSA) is 58.6 Å². The van der Waals surface area contributed by atoms with Crippen LogP contribution in [0, 0.1) is 6.92 Å². The third-order valence-electron chi connectivity index (χ3n) is 5.44. The molecular weight excluding hydrogens is 483 g/mol. The average Bonchev–Trinajstić information content (AvgIpc) is 2.82. The van der Waals surface area contributed by atoms with Gasteiger partial charge in [-0.2, -0.15) is 0 Å². The van der Waals surface area contributed by atoms with Crippen LogP contribution in [0.5, 0.6) is 5.75 Å². The quantitative estimate of drug-likeness (QED) is 0.370. The molecule has 2 amide bonds. The van der Waals surface area contributed by atoms with E-state index in [0.29, 0.717) is 27.8 Å². The smallest absolute Gasteiger partial charge is 0.261 e. The lowest BCUT2D eigenvalue weighted by Crippen LogP contribution is -2.52. The zero-order valence-corrected chi connectivity index (χ0v) is 21.6. The van der Waals surface area contributed by atoms with Crippen LogP contribution in [-0.2, 0) is 22.6 Å². The van der Waals surface area contributed by atoms with E-state index in [1.807, 2.05) is 75.4 Å². The Morgan fingerprint density at radius 1 is 0.971 bits per heavy atom. The first-order valence-corrected chi connectivity index (χ1v) is 12.3. The van der Waals surface area contributed by atoms with Crippen molar-refractivity contribution in [2.75, 3.05) is 6.61 Å². The highest BCUT2D eigenvalue weighted by Crippen LogP contribution is 2.24. The van der Waals surface area contributed by atoms with Crippen molar-refractivity contribution in [2.45, 2.75) is 45.8 Å². The molecule has 3 aromatic carbocycles. The highest BCUT2D eigenvalue weighted by atomic mass is 35.5. The van der Waals surface area contributed by atoms with Gasteiger partial charge in [0.05, 0.1) is 0 Å². The number of halogens is 2. The number of hydrogen-bond acceptors (Lipinski definition) is 3. The maximum Gasteiger partial charge on any atom is 0.261 e. The van der Waals surface area contributed by atoms with Crippen LogP contribution >= 0.6 is 23.2 Å². The summed E-state index contributed by atoms with van der Waals surface area (Å²) in [6, 6.07) is 21.4. The van der Waals surface area contributed by atoms with Gasteiger partial charge in [-0.3, -0.25) is 9.59 Å². The Bertz CT molecular complexity index is 1130. The zero-order valence-electron chi connectivity index (χ0n) is 20.1. The summed E-state index contributed by atoms with van der Waals surface area (Å²) in [5.74, 6) is 0.0220. The number of ether oxygens (including phenoxy) is 1. The molecule has 5 nitrogen and oxygen atoms in total. The molecule has 0 aliphatic rings. The minimum atomic E-state index is -0.763. The lowest BCUT2D eigenvalue weighted by Gasteiger charge is -2.32. The van der Waals surface area contributed by atoms with Gasteiger partial charge in [-0.1, -0.05) is 77.3 Å². The molecule has 0 bridgehead atoms. The van der Waals surface area contributed by atoms with E-state index in [0.717, 1.165) is 11.1 Å². The second kappa shape index (κ2) is 12.6. The van der Waals surface area contributed by atoms with Gasteiger partial charge in [0.1, 0.15) is 11.8 Å². The number of nitrogens with one attached hydrogen (secondary N) is 1. The third-order valence-corrected chi connectivity index (χ3v) is 6.03. The molecule has 0 aromatic heterocycles. The van der Waals surface area contributed by atoms with Gasteiger partial charge in [-0.25, -0.2) is 0 Å². The van der Waals surface area contributed by atoms with Crippen LogP contribution in [0.2, 0.25) is 10.0 Å². The van der Waals surface area contributed by atoms with E-state index in [1.165, 1.54) is 4.90 Å². The Morgan fingerprint density at radius 3 is 2.29 bits per heavy atom. The van der Waals surface area contributed by atoms with Crippen LogP contribution in [0.25, 0.3) is 0 Å². The molecule has 35 heavy (non-hydrogen) atoms. The minimum Gasteiger partial charge on any atom is -0.484 e. The first-order chi connectivity index (χ1) is 16.7. The molecule has 0 aliphatic heterocycles. The number of carbonyl (C=O) groups is 2. The van der Waals surface area contributed by atoms with Gasteiger partial charge in [0.15, 0.2) is 6.61 Å². The number of nitrogens with zero attached hydrogens (tertiary/aromatic N) is 1. The summed E-state index contributed by atoms with van der Waals surface area (Å²) in [6.45, 7) is 5.68. The molecule has 1 N–H and O–H groups in total. The maximum atomic E-state index is 13.5. The predicted molar refractivity (Wildman–Crippen MR) is 141 cm³/mol. The second-order valence-corrected chi connectivity index (χ2v) is 9.57. The second-order valence-electron chi connectivity index (χ2n) is 8.73. The number of amides is 2. The van der Waals surface area contributed by atoms with Crippen LogP contribution in [0.4, 0.5) is 0 Å². The van der Waals surface area contributed by atoms with Crippen molar-refractivity contribution in [1.29, 1.82) is 0 Å². The first-order valence-electron chi connectivity index (χ1n) is 11.5. The molecule has 184 valence electrons. The van der Waals surface area contributed by atoms with Crippen LogP contribution < -0.4 is 10.1 Å². The highest BCUT2D eigenvalue weighted by Gasteiger charge is 2.31. The van der Waals surface area contributed by atoms with Crippen molar-refractivity contribution in [3.05, 3.63) is 99.5 Å². The summed E-state index contributed by atoms with van der Waals surface area (Å²) in [4.78, 5) is 28.4. The third kappa shape index (κ3) is 8.01. The van der Waals surface area contributed by atoms with Crippen LogP contribution in [0.3, 0.4) is 0 Å². The lowest BCUT2D eigenvalue weighted by atomic mass is 10.0. The largest absolute Gasteiger partial charge is 0.484 e. The fraction of sp³-hybridized carbons (Fsp3) is 0.286. The SMILES string of the molecule is Cc1ccc(OCC(=O)N(Cc2ccc(Cl)cc2Cl)[C@H](Cc2ccccc2)C(=O)NC(C)C)cc1. The minimum absolute atomic E-state index is 0.0827. The van der Waals surface area contributed by atoms with Crippen LogP contribution in [0.15, 0.2) is 72.8 Å². The highest BCUT2D eigenvalue weighted by molar-refractivity contribution is 6.35. The monoisotopic (exact) mass is 512 g/mol. The maximum absolute atomic E-state index is 13.5. The molecule has 0 saturated carbocycles. The van der Waals surface area contributed by atoms with Crippen molar-refractivity contribution < 1.29 is 14.3 Å². The van der Waals surface area contributed by atoms with E-state index in [-0.39, 0.29) is 31.0 Å². The average molecular weight is 513 g/mol. The van der Waals surface area contributed by atoms with Crippen LogP contribution in [-0.4, -0.2) is 35.4 Å². The number of benzene rings is 3. The Hall–Kier alpha value is -3.02. The van der Waals surface area contributed by atoms with E-state index in [9.17, 15) is 9.59 Å². The van der Waals surface area contributed by atoms with Gasteiger partial charge in [-0.05, 0) is 56.2 Å². The van der Waals surface area contributed by atoms with Crippen molar-refractivity contribution in [1.82, 2.24) is 10.2 Å². The molecule has 0 spiro atoms. The van der Waals surface area contributed by atoms with Gasteiger partial charge in [0.2, 0.25) is 5.91 Å². The molecule has 0 radical (unpaired) electrons. The van der Waals surface area contributed by atoms with Crippen molar-refractivity contribution in [3.8, 4) is 5.75 Å². The van der Waals surface area contributed by atoms with Crippen molar-refractivity contribution in [3.63, 3.8) is 0 Å². The van der Waals surface area contributed by atoms with E-state index in [2.05, 4.69) is 5.32 Å².